The molecule has 19 heavy (non-hydrogen) atoms. The van der Waals surface area contributed by atoms with Crippen LogP contribution in [0.25, 0.3) is 0 Å². The summed E-state index contributed by atoms with van der Waals surface area (Å²) >= 11 is 0. The number of hydrogen-bond donors (Lipinski definition) is 0. The van der Waals surface area contributed by atoms with Crippen molar-refractivity contribution in [1.82, 2.24) is 0 Å². The van der Waals surface area contributed by atoms with Crippen molar-refractivity contribution in [3.63, 3.8) is 0 Å². The van der Waals surface area contributed by atoms with E-state index < -0.39 is 0 Å². The third kappa shape index (κ3) is 4.51. The lowest BCUT2D eigenvalue weighted by Crippen LogP contribution is -2.31. The molecule has 2 fully saturated rings. The second kappa shape index (κ2) is 6.77. The molecular weight excluding hydrogens is 236 g/mol. The molecule has 1 saturated heterocycles. The van der Waals surface area contributed by atoms with E-state index in [0.29, 0.717) is 5.92 Å². The van der Waals surface area contributed by atoms with E-state index in [-0.39, 0.29) is 11.7 Å². The van der Waals surface area contributed by atoms with Crippen LogP contribution in [0.1, 0.15) is 59.3 Å². The molecule has 0 spiro atoms. The molecule has 0 aromatic rings. The SMILES string of the molecule is CC#CC1(C)CCC(CCC2OCC(C)CO2)CC1. The molecule has 0 radical (unpaired) electrons. The standard InChI is InChI=1S/C17H28O2/c1-4-9-17(3)10-7-15(8-11-17)5-6-16-18-12-14(2)13-19-16/h14-16H,5-8,10-13H2,1-3H3. The summed E-state index contributed by atoms with van der Waals surface area (Å²) in [5.74, 6) is 7.88. The maximum absolute atomic E-state index is 5.72. The summed E-state index contributed by atoms with van der Waals surface area (Å²) in [6.07, 6.45) is 7.49. The summed E-state index contributed by atoms with van der Waals surface area (Å²) in [6.45, 7) is 8.16. The Labute approximate surface area is 118 Å². The molecule has 1 aliphatic carbocycles. The van der Waals surface area contributed by atoms with Crippen LogP contribution in [0, 0.1) is 29.1 Å². The van der Waals surface area contributed by atoms with Crippen LogP contribution in [0.4, 0.5) is 0 Å². The van der Waals surface area contributed by atoms with Gasteiger partial charge in [0.1, 0.15) is 0 Å². The summed E-state index contributed by atoms with van der Waals surface area (Å²) in [5.41, 5.74) is 0.276. The van der Waals surface area contributed by atoms with Gasteiger partial charge in [0.2, 0.25) is 0 Å². The predicted molar refractivity (Wildman–Crippen MR) is 77.6 cm³/mol. The second-order valence-corrected chi connectivity index (χ2v) is 6.66. The van der Waals surface area contributed by atoms with E-state index in [0.717, 1.165) is 25.6 Å². The first-order valence-corrected chi connectivity index (χ1v) is 7.78. The van der Waals surface area contributed by atoms with Gasteiger partial charge in [0.05, 0.1) is 13.2 Å². The molecule has 2 aliphatic rings. The van der Waals surface area contributed by atoms with Crippen molar-refractivity contribution in [1.29, 1.82) is 0 Å². The van der Waals surface area contributed by atoms with Crippen molar-refractivity contribution in [2.75, 3.05) is 13.2 Å². The van der Waals surface area contributed by atoms with Gasteiger partial charge < -0.3 is 9.47 Å². The average molecular weight is 264 g/mol. The highest BCUT2D eigenvalue weighted by molar-refractivity contribution is 5.09. The molecule has 0 bridgehead atoms. The molecule has 0 amide bonds. The molecule has 0 atom stereocenters. The van der Waals surface area contributed by atoms with Crippen molar-refractivity contribution in [2.45, 2.75) is 65.6 Å². The Balaban J connectivity index is 1.67. The van der Waals surface area contributed by atoms with E-state index in [1.807, 2.05) is 6.92 Å². The fourth-order valence-corrected chi connectivity index (χ4v) is 3.21. The summed E-state index contributed by atoms with van der Waals surface area (Å²) in [5, 5.41) is 0. The first-order chi connectivity index (χ1) is 9.11. The minimum atomic E-state index is 0.0555. The highest BCUT2D eigenvalue weighted by atomic mass is 16.7. The van der Waals surface area contributed by atoms with Crippen molar-refractivity contribution in [3.8, 4) is 11.8 Å². The van der Waals surface area contributed by atoms with Crippen molar-refractivity contribution >= 4 is 0 Å². The maximum atomic E-state index is 5.72. The van der Waals surface area contributed by atoms with Crippen LogP contribution in [0.3, 0.4) is 0 Å². The normalized spacial score (nSPS) is 39.4. The summed E-state index contributed by atoms with van der Waals surface area (Å²) in [7, 11) is 0. The quantitative estimate of drug-likeness (QED) is 0.717. The van der Waals surface area contributed by atoms with E-state index in [1.165, 1.54) is 32.1 Å². The zero-order valence-electron chi connectivity index (χ0n) is 12.7. The molecule has 2 heteroatoms. The monoisotopic (exact) mass is 264 g/mol. The van der Waals surface area contributed by atoms with Gasteiger partial charge in [-0.3, -0.25) is 0 Å². The Morgan fingerprint density at radius 3 is 2.32 bits per heavy atom. The first-order valence-electron chi connectivity index (χ1n) is 7.78. The minimum Gasteiger partial charge on any atom is -0.352 e. The Hall–Kier alpha value is -0.520. The Bertz CT molecular complexity index is 323. The molecule has 0 aromatic carbocycles. The van der Waals surface area contributed by atoms with Crippen LogP contribution >= 0.6 is 0 Å². The molecule has 2 nitrogen and oxygen atoms in total. The van der Waals surface area contributed by atoms with Crippen LogP contribution in [-0.4, -0.2) is 19.5 Å². The molecular formula is C17H28O2. The lowest BCUT2D eigenvalue weighted by molar-refractivity contribution is -0.201. The van der Waals surface area contributed by atoms with Gasteiger partial charge in [-0.05, 0) is 58.3 Å². The number of hydrogen-bond acceptors (Lipinski definition) is 2. The third-order valence-corrected chi connectivity index (χ3v) is 4.58. The average Bonchev–Trinajstić information content (AvgIpc) is 2.40. The molecule has 1 aliphatic heterocycles. The van der Waals surface area contributed by atoms with E-state index in [2.05, 4.69) is 25.7 Å². The van der Waals surface area contributed by atoms with Crippen molar-refractivity contribution in [2.24, 2.45) is 17.3 Å². The zero-order chi connectivity index (χ0) is 13.7. The molecule has 0 N–H and O–H groups in total. The van der Waals surface area contributed by atoms with Gasteiger partial charge in [-0.1, -0.05) is 12.8 Å². The Morgan fingerprint density at radius 2 is 1.74 bits per heavy atom. The highest BCUT2D eigenvalue weighted by Gasteiger charge is 2.30. The molecule has 1 saturated carbocycles. The fourth-order valence-electron chi connectivity index (χ4n) is 3.21. The van der Waals surface area contributed by atoms with Crippen molar-refractivity contribution in [3.05, 3.63) is 0 Å². The van der Waals surface area contributed by atoms with Crippen molar-refractivity contribution < 1.29 is 9.47 Å². The number of ether oxygens (including phenoxy) is 2. The molecule has 1 heterocycles. The van der Waals surface area contributed by atoms with E-state index in [1.54, 1.807) is 0 Å². The van der Waals surface area contributed by atoms with E-state index in [4.69, 9.17) is 9.47 Å². The smallest absolute Gasteiger partial charge is 0.157 e. The molecule has 0 unspecified atom stereocenters. The van der Waals surface area contributed by atoms with Gasteiger partial charge in [-0.25, -0.2) is 0 Å². The van der Waals surface area contributed by atoms with E-state index in [9.17, 15) is 0 Å². The lowest BCUT2D eigenvalue weighted by atomic mass is 9.71. The maximum Gasteiger partial charge on any atom is 0.157 e. The summed E-state index contributed by atoms with van der Waals surface area (Å²) in [6, 6.07) is 0. The largest absolute Gasteiger partial charge is 0.352 e. The summed E-state index contributed by atoms with van der Waals surface area (Å²) in [4.78, 5) is 0. The fraction of sp³-hybridized carbons (Fsp3) is 0.882. The van der Waals surface area contributed by atoms with Gasteiger partial charge in [0.25, 0.3) is 0 Å². The third-order valence-electron chi connectivity index (χ3n) is 4.58. The minimum absolute atomic E-state index is 0.0555. The van der Waals surface area contributed by atoms with Gasteiger partial charge in [-0.2, -0.15) is 0 Å². The Kier molecular flexibility index (Phi) is 5.30. The highest BCUT2D eigenvalue weighted by Crippen LogP contribution is 2.40. The molecule has 0 aromatic heterocycles. The molecule has 108 valence electrons. The van der Waals surface area contributed by atoms with Gasteiger partial charge in [0, 0.05) is 11.3 Å². The predicted octanol–water partition coefficient (Wildman–Crippen LogP) is 4.00. The topological polar surface area (TPSA) is 18.5 Å². The van der Waals surface area contributed by atoms with Gasteiger partial charge >= 0.3 is 0 Å². The van der Waals surface area contributed by atoms with Crippen LogP contribution in [-0.2, 0) is 9.47 Å². The number of rotatable bonds is 3. The van der Waals surface area contributed by atoms with Crippen LogP contribution in [0.2, 0.25) is 0 Å². The lowest BCUT2D eigenvalue weighted by Gasteiger charge is -2.34. The first kappa shape index (κ1) is 14.9. The second-order valence-electron chi connectivity index (χ2n) is 6.66. The van der Waals surface area contributed by atoms with E-state index >= 15 is 0 Å². The Morgan fingerprint density at radius 1 is 1.11 bits per heavy atom. The van der Waals surface area contributed by atoms with Gasteiger partial charge in [0.15, 0.2) is 6.29 Å². The van der Waals surface area contributed by atoms with Crippen LogP contribution in [0.5, 0.6) is 0 Å². The van der Waals surface area contributed by atoms with Crippen LogP contribution in [0.15, 0.2) is 0 Å². The molecule has 2 rings (SSSR count). The van der Waals surface area contributed by atoms with Crippen LogP contribution < -0.4 is 0 Å². The summed E-state index contributed by atoms with van der Waals surface area (Å²) < 4.78 is 11.4. The van der Waals surface area contributed by atoms with Gasteiger partial charge in [-0.15, -0.1) is 5.92 Å². The zero-order valence-corrected chi connectivity index (χ0v) is 12.7.